The summed E-state index contributed by atoms with van der Waals surface area (Å²) in [6.45, 7) is 6.59. The minimum Gasteiger partial charge on any atom is -0.454 e. The maximum atomic E-state index is 13.5. The molecule has 3 aromatic rings. The van der Waals surface area contributed by atoms with Crippen molar-refractivity contribution in [1.82, 2.24) is 14.5 Å². The maximum absolute atomic E-state index is 13.5. The second-order valence-electron chi connectivity index (χ2n) is 9.34. The van der Waals surface area contributed by atoms with E-state index < -0.39 is 0 Å². The second-order valence-corrected chi connectivity index (χ2v) is 10.3. The number of thioether (sulfide) groups is 1. The summed E-state index contributed by atoms with van der Waals surface area (Å²) in [5, 5.41) is 1.05. The van der Waals surface area contributed by atoms with Crippen molar-refractivity contribution in [3.8, 4) is 11.5 Å². The van der Waals surface area contributed by atoms with Crippen molar-refractivity contribution in [3.63, 3.8) is 0 Å². The highest BCUT2D eigenvalue weighted by atomic mass is 32.2. The highest BCUT2D eigenvalue weighted by Gasteiger charge is 2.26. The summed E-state index contributed by atoms with van der Waals surface area (Å²) in [6.07, 6.45) is 1.85. The first-order chi connectivity index (χ1) is 16.5. The van der Waals surface area contributed by atoms with Crippen LogP contribution in [-0.2, 0) is 17.8 Å². The number of piperidine rings is 1. The lowest BCUT2D eigenvalue weighted by atomic mass is 9.92. The van der Waals surface area contributed by atoms with Crippen molar-refractivity contribution < 1.29 is 14.3 Å². The van der Waals surface area contributed by atoms with E-state index >= 15 is 0 Å². The third kappa shape index (κ3) is 4.78. The predicted octanol–water partition coefficient (Wildman–Crippen LogP) is 3.96. The van der Waals surface area contributed by atoms with Crippen molar-refractivity contribution in [2.45, 2.75) is 38.4 Å². The smallest absolute Gasteiger partial charge is 0.262 e. The quantitative estimate of drug-likeness (QED) is 0.394. The number of rotatable bonds is 6. The summed E-state index contributed by atoms with van der Waals surface area (Å²) in [6, 6.07) is 13.5. The van der Waals surface area contributed by atoms with Crippen molar-refractivity contribution in [1.29, 1.82) is 0 Å². The number of carbonyl (C=O) groups is 1. The summed E-state index contributed by atoms with van der Waals surface area (Å²) in [7, 11) is 0. The van der Waals surface area contributed by atoms with Crippen LogP contribution in [0, 0.1) is 11.8 Å². The Bertz CT molecular complexity index is 1250. The van der Waals surface area contributed by atoms with Crippen molar-refractivity contribution >= 4 is 28.6 Å². The van der Waals surface area contributed by atoms with Crippen LogP contribution in [0.3, 0.4) is 0 Å². The van der Waals surface area contributed by atoms with Gasteiger partial charge in [-0.1, -0.05) is 55.9 Å². The molecule has 178 valence electrons. The topological polar surface area (TPSA) is 73.7 Å². The highest BCUT2D eigenvalue weighted by Crippen LogP contribution is 2.35. The Balaban J connectivity index is 1.44. The molecule has 1 fully saturated rings. The SMILES string of the molecule is C[C@@H]1C[C@H](C)CN(C(=O)CSc2nc3cc4c(cc3c(=O)n2CCc2ccccc2)OCO4)C1. The highest BCUT2D eigenvalue weighted by molar-refractivity contribution is 7.99. The van der Waals surface area contributed by atoms with E-state index in [2.05, 4.69) is 13.8 Å². The number of aryl methyl sites for hydroxylation is 1. The summed E-state index contributed by atoms with van der Waals surface area (Å²) in [4.78, 5) is 33.3. The molecule has 5 rings (SSSR count). The van der Waals surface area contributed by atoms with Crippen LogP contribution in [-0.4, -0.2) is 46.0 Å². The second kappa shape index (κ2) is 9.70. The van der Waals surface area contributed by atoms with Gasteiger partial charge in [0.15, 0.2) is 16.7 Å². The minimum atomic E-state index is -0.130. The van der Waals surface area contributed by atoms with Gasteiger partial charge in [0, 0.05) is 25.7 Å². The molecule has 0 aliphatic carbocycles. The largest absolute Gasteiger partial charge is 0.454 e. The standard InChI is InChI=1S/C26H29N3O4S/c1-17-10-18(2)14-28(13-17)24(30)15-34-26-27-21-12-23-22(32-16-33-23)11-20(21)25(31)29(26)9-8-19-6-4-3-5-7-19/h3-7,11-12,17-18H,8-10,13-16H2,1-2H3/t17-,18+. The molecule has 0 unspecified atom stereocenters. The van der Waals surface area contributed by atoms with E-state index in [9.17, 15) is 9.59 Å². The van der Waals surface area contributed by atoms with Crippen LogP contribution in [0.15, 0.2) is 52.4 Å². The fourth-order valence-corrected chi connectivity index (χ4v) is 5.80. The van der Waals surface area contributed by atoms with Crippen LogP contribution in [0.2, 0.25) is 0 Å². The molecule has 0 N–H and O–H groups in total. The molecular formula is C26H29N3O4S. The normalized spacial score (nSPS) is 19.5. The number of benzene rings is 2. The summed E-state index contributed by atoms with van der Waals surface area (Å²) < 4.78 is 12.6. The van der Waals surface area contributed by atoms with Gasteiger partial charge in [-0.15, -0.1) is 0 Å². The first-order valence-corrected chi connectivity index (χ1v) is 12.7. The molecule has 2 aliphatic heterocycles. The molecule has 7 nitrogen and oxygen atoms in total. The lowest BCUT2D eigenvalue weighted by molar-refractivity contribution is -0.130. The zero-order valence-corrected chi connectivity index (χ0v) is 20.3. The summed E-state index contributed by atoms with van der Waals surface area (Å²) in [5.74, 6) is 2.51. The van der Waals surface area contributed by atoms with Gasteiger partial charge in [0.25, 0.3) is 5.56 Å². The Hall–Kier alpha value is -3.00. The van der Waals surface area contributed by atoms with E-state index in [4.69, 9.17) is 14.5 Å². The van der Waals surface area contributed by atoms with Crippen molar-refractivity contribution in [2.75, 3.05) is 25.6 Å². The van der Waals surface area contributed by atoms with Gasteiger partial charge in [-0.3, -0.25) is 14.2 Å². The fourth-order valence-electron chi connectivity index (χ4n) is 4.87. The first kappa shape index (κ1) is 22.8. The van der Waals surface area contributed by atoms with E-state index in [-0.39, 0.29) is 24.0 Å². The van der Waals surface area contributed by atoms with Crippen molar-refractivity contribution in [2.24, 2.45) is 11.8 Å². The monoisotopic (exact) mass is 479 g/mol. The molecule has 0 bridgehead atoms. The van der Waals surface area contributed by atoms with Gasteiger partial charge < -0.3 is 14.4 Å². The number of amides is 1. The number of carbonyl (C=O) groups excluding carboxylic acids is 1. The molecule has 0 saturated carbocycles. The van der Waals surface area contributed by atoms with Gasteiger partial charge in [0.2, 0.25) is 12.7 Å². The number of hydrogen-bond acceptors (Lipinski definition) is 6. The Morgan fingerprint density at radius 1 is 1.09 bits per heavy atom. The zero-order chi connectivity index (χ0) is 23.7. The third-order valence-electron chi connectivity index (χ3n) is 6.43. The van der Waals surface area contributed by atoms with E-state index in [1.807, 2.05) is 35.2 Å². The average molecular weight is 480 g/mol. The molecule has 8 heteroatoms. The van der Waals surface area contributed by atoms with Gasteiger partial charge >= 0.3 is 0 Å². The Morgan fingerprint density at radius 2 is 1.79 bits per heavy atom. The van der Waals surface area contributed by atoms with Crippen LogP contribution < -0.4 is 15.0 Å². The minimum absolute atomic E-state index is 0.0954. The summed E-state index contributed by atoms with van der Waals surface area (Å²) in [5.41, 5.74) is 1.57. The molecule has 1 saturated heterocycles. The fraction of sp³-hybridized carbons (Fsp3) is 0.423. The third-order valence-corrected chi connectivity index (χ3v) is 7.39. The number of hydrogen-bond donors (Lipinski definition) is 0. The Morgan fingerprint density at radius 3 is 2.53 bits per heavy atom. The molecule has 1 aromatic heterocycles. The Labute approximate surface area is 203 Å². The number of fused-ring (bicyclic) bond motifs is 2. The number of ether oxygens (including phenoxy) is 2. The van der Waals surface area contributed by atoms with Crippen molar-refractivity contribution in [3.05, 3.63) is 58.4 Å². The average Bonchev–Trinajstić information content (AvgIpc) is 3.28. The van der Waals surface area contributed by atoms with Crippen LogP contribution in [0.5, 0.6) is 11.5 Å². The number of nitrogens with zero attached hydrogens (tertiary/aromatic N) is 3. The lowest BCUT2D eigenvalue weighted by Crippen LogP contribution is -2.43. The lowest BCUT2D eigenvalue weighted by Gasteiger charge is -2.35. The van der Waals surface area contributed by atoms with Gasteiger partial charge in [0.1, 0.15) is 0 Å². The predicted molar refractivity (Wildman–Crippen MR) is 133 cm³/mol. The number of aromatic nitrogens is 2. The van der Waals surface area contributed by atoms with Gasteiger partial charge in [-0.05, 0) is 36.3 Å². The molecule has 2 atom stereocenters. The van der Waals surface area contributed by atoms with Crippen LogP contribution >= 0.6 is 11.8 Å². The van der Waals surface area contributed by atoms with Gasteiger partial charge in [-0.2, -0.15) is 0 Å². The number of likely N-dealkylation sites (tertiary alicyclic amines) is 1. The molecule has 3 heterocycles. The van der Waals surface area contributed by atoms with E-state index in [1.54, 1.807) is 16.7 Å². The van der Waals surface area contributed by atoms with E-state index in [0.717, 1.165) is 25.1 Å². The maximum Gasteiger partial charge on any atom is 0.262 e. The molecule has 1 amide bonds. The molecule has 34 heavy (non-hydrogen) atoms. The molecular weight excluding hydrogens is 450 g/mol. The van der Waals surface area contributed by atoms with E-state index in [1.165, 1.54) is 11.8 Å². The van der Waals surface area contributed by atoms with Gasteiger partial charge in [0.05, 0.1) is 16.7 Å². The zero-order valence-electron chi connectivity index (χ0n) is 19.5. The first-order valence-electron chi connectivity index (χ1n) is 11.8. The molecule has 0 spiro atoms. The van der Waals surface area contributed by atoms with Gasteiger partial charge in [-0.25, -0.2) is 4.98 Å². The molecule has 0 radical (unpaired) electrons. The van der Waals surface area contributed by atoms with Crippen LogP contribution in [0.1, 0.15) is 25.8 Å². The van der Waals surface area contributed by atoms with Crippen LogP contribution in [0.25, 0.3) is 10.9 Å². The Kier molecular flexibility index (Phi) is 6.50. The van der Waals surface area contributed by atoms with Crippen LogP contribution in [0.4, 0.5) is 0 Å². The molecule has 2 aromatic carbocycles. The molecule has 2 aliphatic rings. The van der Waals surface area contributed by atoms with E-state index in [0.29, 0.717) is 52.4 Å². The summed E-state index contributed by atoms with van der Waals surface area (Å²) >= 11 is 1.34.